The van der Waals surface area contributed by atoms with Crippen molar-refractivity contribution >= 4 is 71.4 Å². The fraction of sp³-hybridized carbons (Fsp3) is 0.213. The number of halogens is 2. The number of anilines is 4. The maximum absolute atomic E-state index is 16.8. The maximum atomic E-state index is 16.8. The van der Waals surface area contributed by atoms with E-state index in [9.17, 15) is 16.8 Å². The van der Waals surface area contributed by atoms with E-state index < -0.39 is 42.8 Å². The smallest absolute Gasteiger partial charge is 0.175 e. The number of benzene rings is 6. The highest BCUT2D eigenvalue weighted by Crippen LogP contribution is 2.59. The van der Waals surface area contributed by atoms with Gasteiger partial charge in [-0.3, -0.25) is 4.79 Å². The number of nitrogens with one attached hydrogen (secondary N) is 4. The molecule has 0 unspecified atom stereocenters. The van der Waals surface area contributed by atoms with Gasteiger partial charge in [0.25, 0.3) is 0 Å². The van der Waals surface area contributed by atoms with Crippen LogP contribution in [-0.2, 0) is 35.8 Å². The average molecular weight is 944 g/mol. The van der Waals surface area contributed by atoms with Gasteiger partial charge in [-0.25, -0.2) is 16.8 Å². The van der Waals surface area contributed by atoms with Gasteiger partial charge in [-0.1, -0.05) is 59.6 Å². The van der Waals surface area contributed by atoms with Gasteiger partial charge in [-0.2, -0.15) is 0 Å². The molecule has 2 heterocycles. The van der Waals surface area contributed by atoms with Crippen LogP contribution in [0, 0.1) is 0 Å². The molecule has 0 aliphatic carbocycles. The van der Waals surface area contributed by atoms with Crippen LogP contribution >= 0.6 is 23.2 Å². The zero-order valence-electron chi connectivity index (χ0n) is 35.4. The van der Waals surface area contributed by atoms with Gasteiger partial charge in [-0.05, 0) is 83.9 Å². The molecule has 0 saturated carbocycles. The lowest BCUT2D eigenvalue weighted by molar-refractivity contribution is -0.124. The summed E-state index contributed by atoms with van der Waals surface area (Å²) in [5.74, 6) is -1.50. The maximum Gasteiger partial charge on any atom is 0.175 e. The number of para-hydroxylation sites is 2. The van der Waals surface area contributed by atoms with Crippen LogP contribution in [0.2, 0.25) is 10.0 Å². The van der Waals surface area contributed by atoms with Crippen molar-refractivity contribution in [3.05, 3.63) is 154 Å². The zero-order chi connectivity index (χ0) is 45.8. The molecule has 4 N–H and O–H groups in total. The molecule has 0 radical (unpaired) electrons. The number of carbonyl (C=O) groups is 1. The number of hydrogen-bond donors (Lipinski definition) is 4. The Morgan fingerprint density at radius 1 is 0.547 bits per heavy atom. The largest absolute Gasteiger partial charge is 0.497 e. The van der Waals surface area contributed by atoms with Gasteiger partial charge in [0.15, 0.2) is 36.8 Å². The topological polar surface area (TPSA) is 170 Å². The molecule has 0 saturated heterocycles. The van der Waals surface area contributed by atoms with Gasteiger partial charge in [0.1, 0.15) is 23.0 Å². The van der Waals surface area contributed by atoms with Crippen LogP contribution < -0.4 is 40.2 Å². The van der Waals surface area contributed by atoms with E-state index in [0.717, 1.165) is 12.5 Å². The van der Waals surface area contributed by atoms with Crippen molar-refractivity contribution in [3.63, 3.8) is 0 Å². The molecule has 0 aromatic heterocycles. The number of fused-ring (bicyclic) bond motifs is 2. The quantitative estimate of drug-likeness (QED) is 0.0817. The summed E-state index contributed by atoms with van der Waals surface area (Å²) in [5.41, 5.74) is 0.662. The number of sulfone groups is 2. The third-order valence-electron chi connectivity index (χ3n) is 11.6. The first-order valence-corrected chi connectivity index (χ1v) is 24.3. The second-order valence-electron chi connectivity index (χ2n) is 15.6. The normalized spacial score (nSPS) is 19.9. The summed E-state index contributed by atoms with van der Waals surface area (Å²) in [7, 11) is -1.67. The highest BCUT2D eigenvalue weighted by Gasteiger charge is 2.60. The van der Waals surface area contributed by atoms with Crippen LogP contribution in [0.25, 0.3) is 0 Å². The van der Waals surface area contributed by atoms with E-state index in [-0.39, 0.29) is 27.1 Å². The molecular formula is C47H44Cl2N4O9S2. The van der Waals surface area contributed by atoms with E-state index in [1.807, 2.05) is 48.5 Å². The van der Waals surface area contributed by atoms with Gasteiger partial charge >= 0.3 is 0 Å². The Kier molecular flexibility index (Phi) is 11.7. The summed E-state index contributed by atoms with van der Waals surface area (Å²) < 4.78 is 75.6. The Bertz CT molecular complexity index is 2860. The first-order chi connectivity index (χ1) is 30.4. The molecule has 8 rings (SSSR count). The van der Waals surface area contributed by atoms with Crippen LogP contribution in [0.5, 0.6) is 23.0 Å². The molecule has 17 heteroatoms. The number of hydrogen-bond acceptors (Lipinski definition) is 13. The number of Topliss-reactive ketones (excluding diaryl/α,β-unsaturated/α-hetero) is 1. The summed E-state index contributed by atoms with van der Waals surface area (Å²) in [5, 5.41) is 15.2. The molecule has 13 nitrogen and oxygen atoms in total. The molecule has 6 aromatic carbocycles. The summed E-state index contributed by atoms with van der Waals surface area (Å²) in [6.45, 7) is 0. The highest BCUT2D eigenvalue weighted by molar-refractivity contribution is 7.91. The Morgan fingerprint density at radius 2 is 0.938 bits per heavy atom. The Labute approximate surface area is 381 Å². The summed E-state index contributed by atoms with van der Waals surface area (Å²) in [6.07, 6.45) is 2.20. The molecule has 0 spiro atoms. The highest BCUT2D eigenvalue weighted by atomic mass is 35.5. The fourth-order valence-electron chi connectivity index (χ4n) is 8.84. The van der Waals surface area contributed by atoms with Crippen LogP contribution in [0.1, 0.15) is 34.1 Å². The average Bonchev–Trinajstić information content (AvgIpc) is 3.78. The Morgan fingerprint density at radius 3 is 1.30 bits per heavy atom. The monoisotopic (exact) mass is 942 g/mol. The lowest BCUT2D eigenvalue weighted by Crippen LogP contribution is -2.53. The minimum absolute atomic E-state index is 0.0234. The number of carbonyl (C=O) groups excluding carboxylic acids is 1. The second kappa shape index (κ2) is 16.8. The fourth-order valence-corrected chi connectivity index (χ4v) is 10.5. The number of methoxy groups -OCH3 is 4. The van der Waals surface area contributed by atoms with E-state index in [4.69, 9.17) is 42.1 Å². The van der Waals surface area contributed by atoms with Crippen LogP contribution in [-0.4, -0.2) is 63.6 Å². The lowest BCUT2D eigenvalue weighted by Gasteiger charge is -2.43. The molecular weight excluding hydrogens is 900 g/mol. The molecule has 0 bridgehead atoms. The summed E-state index contributed by atoms with van der Waals surface area (Å²) in [4.78, 5) is 16.8. The Hall–Kier alpha value is -6.13. The number of ketones is 1. The van der Waals surface area contributed by atoms with Crippen molar-refractivity contribution in [2.75, 3.05) is 62.2 Å². The van der Waals surface area contributed by atoms with Gasteiger partial charge in [0, 0.05) is 68.6 Å². The van der Waals surface area contributed by atoms with Gasteiger partial charge in [0.05, 0.1) is 50.1 Å². The van der Waals surface area contributed by atoms with E-state index in [1.165, 1.54) is 52.7 Å². The lowest BCUT2D eigenvalue weighted by atomic mass is 9.71. The van der Waals surface area contributed by atoms with Crippen molar-refractivity contribution in [2.24, 2.45) is 0 Å². The van der Waals surface area contributed by atoms with E-state index in [2.05, 4.69) is 21.3 Å². The second-order valence-corrected chi connectivity index (χ2v) is 20.5. The van der Waals surface area contributed by atoms with Crippen molar-refractivity contribution in [1.82, 2.24) is 0 Å². The van der Waals surface area contributed by atoms with Gasteiger partial charge in [-0.15, -0.1) is 0 Å². The number of rotatable bonds is 14. The molecule has 0 fully saturated rings. The van der Waals surface area contributed by atoms with Crippen molar-refractivity contribution in [1.29, 1.82) is 0 Å². The molecule has 2 aliphatic heterocycles. The predicted molar refractivity (Wildman–Crippen MR) is 249 cm³/mol. The van der Waals surface area contributed by atoms with E-state index in [1.54, 1.807) is 48.5 Å². The SMILES string of the molecule is COc1cc(N[C@]2(c3ccc(Cl)cc3OC)Nc3ccccc3[C@@H]2C(=O)[C@H]2c3ccccc3N[C@]2(Nc2cc(OC)cc(S(C)(=O)=O)c2)c2ccc(Cl)cc2OC)cc(S(C)(=O)=O)c1. The van der Waals surface area contributed by atoms with Gasteiger partial charge in [0.2, 0.25) is 0 Å². The predicted octanol–water partition coefficient (Wildman–Crippen LogP) is 9.05. The molecule has 2 aliphatic rings. The summed E-state index contributed by atoms with van der Waals surface area (Å²) in [6, 6.07) is 34.0. The van der Waals surface area contributed by atoms with Crippen LogP contribution in [0.3, 0.4) is 0 Å². The molecule has 64 heavy (non-hydrogen) atoms. The van der Waals surface area contributed by atoms with Crippen molar-refractivity contribution in [3.8, 4) is 23.0 Å². The first kappa shape index (κ1) is 44.5. The van der Waals surface area contributed by atoms with Crippen LogP contribution in [0.15, 0.2) is 131 Å². The minimum Gasteiger partial charge on any atom is -0.497 e. The summed E-state index contributed by atoms with van der Waals surface area (Å²) >= 11 is 13.2. The Balaban J connectivity index is 1.45. The molecule has 6 aromatic rings. The van der Waals surface area contributed by atoms with E-state index in [0.29, 0.717) is 66.5 Å². The van der Waals surface area contributed by atoms with Crippen LogP contribution in [0.4, 0.5) is 22.7 Å². The third kappa shape index (κ3) is 7.91. The van der Waals surface area contributed by atoms with Crippen molar-refractivity contribution in [2.45, 2.75) is 33.0 Å². The number of ether oxygens (including phenoxy) is 4. The standard InChI is InChI=1S/C47H44Cl2N4O9S2/c1-59-31-21-29(23-33(25-31)63(5,55)56)50-46(37-17-15-27(48)19-41(37)61-3)43(35-11-7-9-13-39(35)52-46)45(54)44-36-12-8-10-14-40(36)53-47(44,38-18-16-28(49)20-42(38)62-4)51-30-22-32(60-2)26-34(24-30)64(6,57)58/h7-26,43-44,50-53H,1-6H3/t43-,44-,46-,47-/m1/s1. The zero-order valence-corrected chi connectivity index (χ0v) is 38.6. The van der Waals surface area contributed by atoms with Gasteiger partial charge < -0.3 is 40.2 Å². The van der Waals surface area contributed by atoms with E-state index >= 15 is 4.79 Å². The minimum atomic E-state index is -3.76. The molecule has 0 amide bonds. The molecule has 4 atom stereocenters. The van der Waals surface area contributed by atoms with Crippen molar-refractivity contribution < 1.29 is 40.6 Å². The third-order valence-corrected chi connectivity index (χ3v) is 14.2. The molecule has 332 valence electrons. The first-order valence-electron chi connectivity index (χ1n) is 19.7.